The molecule has 2 aromatic carbocycles. The second kappa shape index (κ2) is 8.21. The van der Waals surface area contributed by atoms with Crippen LogP contribution in [0.1, 0.15) is 30.0 Å². The number of ether oxygens (including phenoxy) is 2. The lowest BCUT2D eigenvalue weighted by Gasteiger charge is -2.33. The normalized spacial score (nSPS) is 16.1. The number of rotatable bonds is 5. The van der Waals surface area contributed by atoms with Gasteiger partial charge >= 0.3 is 11.9 Å². The van der Waals surface area contributed by atoms with Crippen LogP contribution < -0.4 is 0 Å². The average molecular weight is 364 g/mol. The van der Waals surface area contributed by atoms with Crippen molar-refractivity contribution in [2.24, 2.45) is 11.8 Å². The number of esters is 2. The molecule has 0 fully saturated rings. The Bertz CT molecular complexity index is 851. The fourth-order valence-electron chi connectivity index (χ4n) is 4.04. The van der Waals surface area contributed by atoms with Gasteiger partial charge in [0, 0.05) is 5.92 Å². The van der Waals surface area contributed by atoms with Crippen LogP contribution in [0, 0.1) is 11.8 Å². The molecule has 4 nitrogen and oxygen atoms in total. The first-order valence-corrected chi connectivity index (χ1v) is 9.14. The largest absolute Gasteiger partial charge is 0.468 e. The molecular formula is C23H24O4. The lowest BCUT2D eigenvalue weighted by atomic mass is 9.70. The maximum atomic E-state index is 12.5. The molecule has 1 aliphatic rings. The maximum Gasteiger partial charge on any atom is 0.320 e. The van der Waals surface area contributed by atoms with Gasteiger partial charge in [-0.1, -0.05) is 67.1 Å². The summed E-state index contributed by atoms with van der Waals surface area (Å²) in [5, 5.41) is 0. The van der Waals surface area contributed by atoms with Crippen LogP contribution in [0.3, 0.4) is 0 Å². The first kappa shape index (κ1) is 18.9. The average Bonchev–Trinajstić information content (AvgIpc) is 2.73. The predicted molar refractivity (Wildman–Crippen MR) is 104 cm³/mol. The minimum absolute atomic E-state index is 0.292. The molecule has 2 aromatic rings. The molecule has 0 N–H and O–H groups in total. The van der Waals surface area contributed by atoms with Crippen molar-refractivity contribution in [1.82, 2.24) is 0 Å². The standard InChI is InChI=1S/C23H24O4/c1-4-17-19(21(22(24)26-2)23(25)27-3)14-16-12-8-9-13-18(16)20(17)15-10-6-5-7-11-15/h5-13,19,21H,4,14H2,1-3H3. The summed E-state index contributed by atoms with van der Waals surface area (Å²) in [4.78, 5) is 25.0. The summed E-state index contributed by atoms with van der Waals surface area (Å²) in [5.41, 5.74) is 5.55. The van der Waals surface area contributed by atoms with Crippen LogP contribution in [0.15, 0.2) is 60.2 Å². The summed E-state index contributed by atoms with van der Waals surface area (Å²) in [7, 11) is 2.62. The van der Waals surface area contributed by atoms with Gasteiger partial charge in [-0.25, -0.2) is 0 Å². The zero-order valence-electron chi connectivity index (χ0n) is 15.9. The molecule has 1 aliphatic carbocycles. The Morgan fingerprint density at radius 3 is 2.15 bits per heavy atom. The molecule has 4 heteroatoms. The zero-order chi connectivity index (χ0) is 19.4. The van der Waals surface area contributed by atoms with Crippen molar-refractivity contribution >= 4 is 17.5 Å². The van der Waals surface area contributed by atoms with Gasteiger partial charge in [-0.15, -0.1) is 0 Å². The van der Waals surface area contributed by atoms with Crippen LogP contribution >= 0.6 is 0 Å². The van der Waals surface area contributed by atoms with Gasteiger partial charge in [-0.2, -0.15) is 0 Å². The number of allylic oxidation sites excluding steroid dienone is 1. The Morgan fingerprint density at radius 2 is 1.56 bits per heavy atom. The molecule has 0 saturated carbocycles. The van der Waals surface area contributed by atoms with Gasteiger partial charge < -0.3 is 9.47 Å². The molecule has 0 saturated heterocycles. The number of carbonyl (C=O) groups is 2. The van der Waals surface area contributed by atoms with Crippen molar-refractivity contribution in [2.75, 3.05) is 14.2 Å². The van der Waals surface area contributed by atoms with Crippen molar-refractivity contribution in [3.05, 3.63) is 76.9 Å². The molecule has 1 unspecified atom stereocenters. The van der Waals surface area contributed by atoms with Crippen LogP contribution in [-0.4, -0.2) is 26.2 Å². The number of fused-ring (bicyclic) bond motifs is 1. The SMILES string of the molecule is CCC1=C(c2ccccc2)c2ccccc2CC1C(C(=O)OC)C(=O)OC. The third-order valence-corrected chi connectivity index (χ3v) is 5.25. The lowest BCUT2D eigenvalue weighted by molar-refractivity contribution is -0.160. The van der Waals surface area contributed by atoms with Gasteiger partial charge in [0.2, 0.25) is 0 Å². The summed E-state index contributed by atoms with van der Waals surface area (Å²) in [6.07, 6.45) is 1.33. The maximum absolute atomic E-state index is 12.5. The Hall–Kier alpha value is -2.88. The van der Waals surface area contributed by atoms with Crippen LogP contribution in [0.4, 0.5) is 0 Å². The van der Waals surface area contributed by atoms with E-state index in [4.69, 9.17) is 9.47 Å². The Morgan fingerprint density at radius 1 is 0.963 bits per heavy atom. The van der Waals surface area contributed by atoms with Gasteiger partial charge in [0.1, 0.15) is 0 Å². The van der Waals surface area contributed by atoms with Crippen LogP contribution in [-0.2, 0) is 25.5 Å². The van der Waals surface area contributed by atoms with Crippen LogP contribution in [0.25, 0.3) is 5.57 Å². The monoisotopic (exact) mass is 364 g/mol. The van der Waals surface area contributed by atoms with E-state index in [-0.39, 0.29) is 5.92 Å². The van der Waals surface area contributed by atoms with Crippen molar-refractivity contribution in [3.63, 3.8) is 0 Å². The summed E-state index contributed by atoms with van der Waals surface area (Å²) < 4.78 is 9.90. The highest BCUT2D eigenvalue weighted by molar-refractivity contribution is 5.97. The lowest BCUT2D eigenvalue weighted by Crippen LogP contribution is -2.37. The summed E-state index contributed by atoms with van der Waals surface area (Å²) in [5.74, 6) is -2.36. The van der Waals surface area contributed by atoms with Gasteiger partial charge in [-0.3, -0.25) is 9.59 Å². The third kappa shape index (κ3) is 3.52. The van der Waals surface area contributed by atoms with E-state index in [9.17, 15) is 9.59 Å². The van der Waals surface area contributed by atoms with E-state index in [1.165, 1.54) is 14.2 Å². The van der Waals surface area contributed by atoms with E-state index in [2.05, 4.69) is 31.2 Å². The molecule has 0 spiro atoms. The molecule has 0 radical (unpaired) electrons. The third-order valence-electron chi connectivity index (χ3n) is 5.25. The molecule has 1 atom stereocenters. The van der Waals surface area contributed by atoms with E-state index < -0.39 is 17.9 Å². The Balaban J connectivity index is 2.24. The van der Waals surface area contributed by atoms with Gasteiger partial charge in [0.15, 0.2) is 5.92 Å². The minimum atomic E-state index is -0.970. The van der Waals surface area contributed by atoms with E-state index in [1.807, 2.05) is 30.3 Å². The number of hydrogen-bond donors (Lipinski definition) is 0. The highest BCUT2D eigenvalue weighted by atomic mass is 16.5. The van der Waals surface area contributed by atoms with Gasteiger partial charge in [0.25, 0.3) is 0 Å². The summed E-state index contributed by atoms with van der Waals surface area (Å²) in [6, 6.07) is 18.3. The fraction of sp³-hybridized carbons (Fsp3) is 0.304. The first-order chi connectivity index (χ1) is 13.1. The highest BCUT2D eigenvalue weighted by Crippen LogP contribution is 2.43. The first-order valence-electron chi connectivity index (χ1n) is 9.14. The van der Waals surface area contributed by atoms with E-state index >= 15 is 0 Å². The number of carbonyl (C=O) groups excluding carboxylic acids is 2. The van der Waals surface area contributed by atoms with Gasteiger partial charge in [0.05, 0.1) is 14.2 Å². The quantitative estimate of drug-likeness (QED) is 0.594. The number of hydrogen-bond acceptors (Lipinski definition) is 4. The fourth-order valence-corrected chi connectivity index (χ4v) is 4.04. The molecule has 27 heavy (non-hydrogen) atoms. The minimum Gasteiger partial charge on any atom is -0.468 e. The topological polar surface area (TPSA) is 52.6 Å². The summed E-state index contributed by atoms with van der Waals surface area (Å²) >= 11 is 0. The smallest absolute Gasteiger partial charge is 0.320 e. The van der Waals surface area contributed by atoms with Crippen LogP contribution in [0.5, 0.6) is 0 Å². The molecule has 140 valence electrons. The Labute approximate surface area is 159 Å². The van der Waals surface area contributed by atoms with Crippen molar-refractivity contribution in [2.45, 2.75) is 19.8 Å². The summed E-state index contributed by atoms with van der Waals surface area (Å²) in [6.45, 7) is 2.06. The van der Waals surface area contributed by atoms with Gasteiger partial charge in [-0.05, 0) is 35.1 Å². The van der Waals surface area contributed by atoms with Crippen LogP contribution in [0.2, 0.25) is 0 Å². The molecule has 0 aliphatic heterocycles. The highest BCUT2D eigenvalue weighted by Gasteiger charge is 2.41. The van der Waals surface area contributed by atoms with E-state index in [1.54, 1.807) is 0 Å². The number of methoxy groups -OCH3 is 2. The Kier molecular flexibility index (Phi) is 5.75. The van der Waals surface area contributed by atoms with Crippen molar-refractivity contribution < 1.29 is 19.1 Å². The van der Waals surface area contributed by atoms with Crippen molar-refractivity contribution in [3.8, 4) is 0 Å². The molecule has 0 aromatic heterocycles. The second-order valence-electron chi connectivity index (χ2n) is 6.61. The molecule has 3 rings (SSSR count). The second-order valence-corrected chi connectivity index (χ2v) is 6.61. The molecule has 0 heterocycles. The van der Waals surface area contributed by atoms with E-state index in [0.29, 0.717) is 6.42 Å². The number of benzene rings is 2. The molecule has 0 bridgehead atoms. The zero-order valence-corrected chi connectivity index (χ0v) is 15.9. The predicted octanol–water partition coefficient (Wildman–Crippen LogP) is 4.03. The molecule has 0 amide bonds. The van der Waals surface area contributed by atoms with E-state index in [0.717, 1.165) is 34.3 Å². The molecular weight excluding hydrogens is 340 g/mol. The van der Waals surface area contributed by atoms with Crippen molar-refractivity contribution in [1.29, 1.82) is 0 Å².